The first-order valence-corrected chi connectivity index (χ1v) is 13.1. The quantitative estimate of drug-likeness (QED) is 0.410. The summed E-state index contributed by atoms with van der Waals surface area (Å²) < 4.78 is 5.48. The predicted octanol–water partition coefficient (Wildman–Crippen LogP) is 3.44. The molecule has 0 unspecified atom stereocenters. The molecule has 4 atom stereocenters. The van der Waals surface area contributed by atoms with Gasteiger partial charge < -0.3 is 20.3 Å². The first-order chi connectivity index (χ1) is 16.5. The number of benzene rings is 1. The monoisotopic (exact) mass is 465 g/mol. The highest BCUT2D eigenvalue weighted by Crippen LogP contribution is 2.72. The summed E-state index contributed by atoms with van der Waals surface area (Å²) in [5, 5.41) is 6.34. The van der Waals surface area contributed by atoms with Gasteiger partial charge in [0.15, 0.2) is 0 Å². The van der Waals surface area contributed by atoms with E-state index in [9.17, 15) is 9.59 Å². The highest BCUT2D eigenvalue weighted by Gasteiger charge is 2.69. The van der Waals surface area contributed by atoms with Crippen LogP contribution in [-0.4, -0.2) is 50.0 Å². The number of nitrogens with one attached hydrogen (secondary N) is 2. The molecular formula is C28H39N3O3. The minimum absolute atomic E-state index is 0.000803. The highest BCUT2D eigenvalue weighted by atomic mass is 16.5. The molecule has 184 valence electrons. The van der Waals surface area contributed by atoms with Gasteiger partial charge >= 0.3 is 0 Å². The molecule has 3 fully saturated rings. The van der Waals surface area contributed by atoms with Gasteiger partial charge in [0.1, 0.15) is 5.75 Å². The number of methoxy groups -OCH3 is 1. The lowest BCUT2D eigenvalue weighted by atomic mass is 9.81. The summed E-state index contributed by atoms with van der Waals surface area (Å²) >= 11 is 0. The lowest BCUT2D eigenvalue weighted by molar-refractivity contribution is -0.135. The van der Waals surface area contributed by atoms with Gasteiger partial charge in [0.25, 0.3) is 0 Å². The number of carbonyl (C=O) groups excluding carboxylic acids is 2. The molecule has 0 aromatic heterocycles. The molecule has 1 aromatic carbocycles. The van der Waals surface area contributed by atoms with Gasteiger partial charge in [0.05, 0.1) is 18.9 Å². The van der Waals surface area contributed by atoms with Crippen molar-refractivity contribution in [2.45, 2.75) is 52.0 Å². The van der Waals surface area contributed by atoms with Gasteiger partial charge in [-0.05, 0) is 88.4 Å². The molecule has 1 spiro atoms. The number of rotatable bonds is 10. The minimum Gasteiger partial charge on any atom is -0.496 e. The largest absolute Gasteiger partial charge is 0.496 e. The Hall–Kier alpha value is -2.34. The van der Waals surface area contributed by atoms with Crippen molar-refractivity contribution in [2.24, 2.45) is 29.1 Å². The first-order valence-electron chi connectivity index (χ1n) is 13.1. The third-order valence-electron chi connectivity index (χ3n) is 8.74. The second-order valence-electron chi connectivity index (χ2n) is 10.8. The summed E-state index contributed by atoms with van der Waals surface area (Å²) in [6, 6.07) is 6.00. The zero-order valence-electron chi connectivity index (χ0n) is 20.6. The standard InChI is InChI=1S/C28H39N3O3/c1-19-7-10-23(34-2)20(17-19)18-30-27(33)25-22-9-8-21(28(22)11-12-28)24(25)26(32)29-13-3-4-14-31-15-5-6-16-31/h7-10,17,21-22,24-25H,3-6,11-16,18H2,1-2H3,(H,29,32)(H,30,33)/t21-,22+,24-,25-/m1/s1. The normalized spacial score (nSPS) is 28.4. The smallest absolute Gasteiger partial charge is 0.224 e. The third kappa shape index (κ3) is 4.37. The van der Waals surface area contributed by atoms with Crippen molar-refractivity contribution in [1.29, 1.82) is 0 Å². The molecule has 6 nitrogen and oxygen atoms in total. The van der Waals surface area contributed by atoms with Gasteiger partial charge in [0, 0.05) is 18.7 Å². The van der Waals surface area contributed by atoms with Crippen molar-refractivity contribution >= 4 is 11.8 Å². The summed E-state index contributed by atoms with van der Waals surface area (Å²) in [5.41, 5.74) is 2.25. The second-order valence-corrected chi connectivity index (χ2v) is 10.8. The summed E-state index contributed by atoms with van der Waals surface area (Å²) in [6.07, 6.45) is 11.4. The van der Waals surface area contributed by atoms with Crippen molar-refractivity contribution in [2.75, 3.05) is 33.3 Å². The average Bonchev–Trinajstić information content (AvgIpc) is 3.19. The van der Waals surface area contributed by atoms with Crippen LogP contribution < -0.4 is 15.4 Å². The molecule has 1 aliphatic heterocycles. The number of hydrogen-bond donors (Lipinski definition) is 2. The lowest BCUT2D eigenvalue weighted by Gasteiger charge is -2.26. The van der Waals surface area contributed by atoms with E-state index in [0.29, 0.717) is 13.1 Å². The van der Waals surface area contributed by atoms with Gasteiger partial charge in [-0.3, -0.25) is 9.59 Å². The zero-order chi connectivity index (χ0) is 23.7. The first kappa shape index (κ1) is 23.4. The second kappa shape index (κ2) is 9.73. The molecule has 3 aliphatic carbocycles. The van der Waals surface area contributed by atoms with Gasteiger partial charge in [-0.2, -0.15) is 0 Å². The van der Waals surface area contributed by atoms with Crippen LogP contribution in [-0.2, 0) is 16.1 Å². The van der Waals surface area contributed by atoms with Gasteiger partial charge in [-0.25, -0.2) is 0 Å². The fourth-order valence-electron chi connectivity index (χ4n) is 6.85. The maximum atomic E-state index is 13.5. The molecule has 2 N–H and O–H groups in total. The maximum absolute atomic E-state index is 13.5. The molecule has 2 bridgehead atoms. The number of allylic oxidation sites excluding steroid dienone is 2. The number of likely N-dealkylation sites (tertiary alicyclic amines) is 1. The van der Waals surface area contributed by atoms with Crippen molar-refractivity contribution in [3.8, 4) is 5.75 Å². The number of carbonyl (C=O) groups is 2. The minimum atomic E-state index is -0.280. The SMILES string of the molecule is COc1ccc(C)cc1CNC(=O)[C@H]1[C@H](C(=O)NCCCCN2CCCC2)[C@H]2C=C[C@@H]1C21CC1. The van der Waals surface area contributed by atoms with Crippen LogP contribution in [0.2, 0.25) is 0 Å². The molecule has 2 amide bonds. The number of amides is 2. The molecule has 5 rings (SSSR count). The molecular weight excluding hydrogens is 426 g/mol. The molecule has 4 aliphatic rings. The van der Waals surface area contributed by atoms with E-state index in [1.165, 1.54) is 25.9 Å². The molecule has 1 heterocycles. The number of ether oxygens (including phenoxy) is 1. The average molecular weight is 466 g/mol. The zero-order valence-corrected chi connectivity index (χ0v) is 20.6. The number of aryl methyl sites for hydroxylation is 1. The van der Waals surface area contributed by atoms with Crippen LogP contribution in [0.3, 0.4) is 0 Å². The van der Waals surface area contributed by atoms with E-state index in [-0.39, 0.29) is 40.9 Å². The topological polar surface area (TPSA) is 70.7 Å². The van der Waals surface area contributed by atoms with E-state index < -0.39 is 0 Å². The molecule has 34 heavy (non-hydrogen) atoms. The summed E-state index contributed by atoms with van der Waals surface area (Å²) in [5.74, 6) is 0.696. The van der Waals surface area contributed by atoms with Crippen molar-refractivity contribution in [1.82, 2.24) is 15.5 Å². The Morgan fingerprint density at radius 3 is 2.35 bits per heavy atom. The Morgan fingerprint density at radius 2 is 1.71 bits per heavy atom. The summed E-state index contributed by atoms with van der Waals surface area (Å²) in [7, 11) is 1.65. The summed E-state index contributed by atoms with van der Waals surface area (Å²) in [4.78, 5) is 29.3. The van der Waals surface area contributed by atoms with Crippen molar-refractivity contribution in [3.63, 3.8) is 0 Å². The highest BCUT2D eigenvalue weighted by molar-refractivity contribution is 5.90. The van der Waals surface area contributed by atoms with E-state index in [1.54, 1.807) is 7.11 Å². The Morgan fingerprint density at radius 1 is 1.03 bits per heavy atom. The predicted molar refractivity (Wildman–Crippen MR) is 132 cm³/mol. The fourth-order valence-corrected chi connectivity index (χ4v) is 6.85. The van der Waals surface area contributed by atoms with Crippen molar-refractivity contribution < 1.29 is 14.3 Å². The van der Waals surface area contributed by atoms with Crippen LogP contribution in [0.4, 0.5) is 0 Å². The van der Waals surface area contributed by atoms with Crippen LogP contribution in [0, 0.1) is 36.0 Å². The van der Waals surface area contributed by atoms with Crippen LogP contribution in [0.5, 0.6) is 5.75 Å². The van der Waals surface area contributed by atoms with Crippen LogP contribution in [0.25, 0.3) is 0 Å². The number of nitrogens with zero attached hydrogens (tertiary/aromatic N) is 1. The van der Waals surface area contributed by atoms with Crippen LogP contribution in [0.1, 0.15) is 49.7 Å². The Labute approximate surface area is 203 Å². The van der Waals surface area contributed by atoms with E-state index in [1.807, 2.05) is 19.1 Å². The van der Waals surface area contributed by atoms with E-state index >= 15 is 0 Å². The number of hydrogen-bond acceptors (Lipinski definition) is 4. The van der Waals surface area contributed by atoms with Crippen LogP contribution >= 0.6 is 0 Å². The molecule has 0 radical (unpaired) electrons. The third-order valence-corrected chi connectivity index (χ3v) is 8.74. The van der Waals surface area contributed by atoms with Crippen LogP contribution in [0.15, 0.2) is 30.4 Å². The molecule has 2 saturated carbocycles. The van der Waals surface area contributed by atoms with Gasteiger partial charge in [0.2, 0.25) is 11.8 Å². The van der Waals surface area contributed by atoms with Crippen molar-refractivity contribution in [3.05, 3.63) is 41.5 Å². The Balaban J connectivity index is 1.20. The Kier molecular flexibility index (Phi) is 6.70. The van der Waals surface area contributed by atoms with E-state index in [0.717, 1.165) is 49.1 Å². The fraction of sp³-hybridized carbons (Fsp3) is 0.643. The summed E-state index contributed by atoms with van der Waals surface area (Å²) in [6.45, 7) is 6.72. The molecule has 1 saturated heterocycles. The van der Waals surface area contributed by atoms with E-state index in [2.05, 4.69) is 33.8 Å². The van der Waals surface area contributed by atoms with Gasteiger partial charge in [-0.15, -0.1) is 0 Å². The maximum Gasteiger partial charge on any atom is 0.224 e. The molecule has 1 aromatic rings. The van der Waals surface area contributed by atoms with Gasteiger partial charge in [-0.1, -0.05) is 29.8 Å². The van der Waals surface area contributed by atoms with E-state index in [4.69, 9.17) is 4.74 Å². The molecule has 6 heteroatoms. The lowest BCUT2D eigenvalue weighted by Crippen LogP contribution is -2.44. The number of unbranched alkanes of at least 4 members (excludes halogenated alkanes) is 1. The Bertz CT molecular complexity index is 948.